The standard InChI is InChI=1S/C13H14O4/c1-16-10-4-5-11-9(7-13(14)15)3-2-6-17-12(11)8-10/h4-5,7-8H,2-3,6H2,1H3,(H,14,15)/b9-7+. The topological polar surface area (TPSA) is 55.8 Å². The maximum atomic E-state index is 10.8. The summed E-state index contributed by atoms with van der Waals surface area (Å²) in [7, 11) is 1.59. The molecule has 1 heterocycles. The molecule has 4 heteroatoms. The number of hydrogen-bond donors (Lipinski definition) is 1. The summed E-state index contributed by atoms with van der Waals surface area (Å²) in [6.07, 6.45) is 2.78. The number of ether oxygens (including phenoxy) is 2. The van der Waals surface area contributed by atoms with Crippen LogP contribution in [0.15, 0.2) is 24.3 Å². The fourth-order valence-corrected chi connectivity index (χ4v) is 1.89. The number of carboxylic acids is 1. The number of fused-ring (bicyclic) bond motifs is 1. The Kier molecular flexibility index (Phi) is 3.32. The summed E-state index contributed by atoms with van der Waals surface area (Å²) in [5.41, 5.74) is 1.64. The van der Waals surface area contributed by atoms with Gasteiger partial charge < -0.3 is 14.6 Å². The summed E-state index contributed by atoms with van der Waals surface area (Å²) in [6.45, 7) is 0.594. The Morgan fingerprint density at radius 2 is 2.35 bits per heavy atom. The van der Waals surface area contributed by atoms with Crippen molar-refractivity contribution in [2.75, 3.05) is 13.7 Å². The van der Waals surface area contributed by atoms with Crippen molar-refractivity contribution in [3.8, 4) is 11.5 Å². The maximum absolute atomic E-state index is 10.8. The third kappa shape index (κ3) is 2.58. The van der Waals surface area contributed by atoms with Crippen LogP contribution in [0.25, 0.3) is 5.57 Å². The van der Waals surface area contributed by atoms with Crippen molar-refractivity contribution in [1.82, 2.24) is 0 Å². The first kappa shape index (κ1) is 11.5. The van der Waals surface area contributed by atoms with E-state index in [-0.39, 0.29) is 0 Å². The second-order valence-electron chi connectivity index (χ2n) is 3.82. The molecule has 1 aliphatic heterocycles. The zero-order valence-electron chi connectivity index (χ0n) is 9.60. The van der Waals surface area contributed by atoms with Crippen molar-refractivity contribution in [3.63, 3.8) is 0 Å². The lowest BCUT2D eigenvalue weighted by atomic mass is 10.0. The Labute approximate surface area is 99.5 Å². The molecule has 0 aliphatic carbocycles. The minimum atomic E-state index is -0.927. The van der Waals surface area contributed by atoms with Crippen LogP contribution >= 0.6 is 0 Å². The van der Waals surface area contributed by atoms with Crippen LogP contribution in [0.3, 0.4) is 0 Å². The summed E-state index contributed by atoms with van der Waals surface area (Å²) in [5.74, 6) is 0.471. The van der Waals surface area contributed by atoms with Crippen molar-refractivity contribution < 1.29 is 19.4 Å². The summed E-state index contributed by atoms with van der Waals surface area (Å²) < 4.78 is 10.7. The van der Waals surface area contributed by atoms with E-state index in [2.05, 4.69) is 0 Å². The Hall–Kier alpha value is -1.97. The number of carbonyl (C=O) groups is 1. The van der Waals surface area contributed by atoms with Crippen molar-refractivity contribution in [3.05, 3.63) is 29.8 Å². The van der Waals surface area contributed by atoms with E-state index in [0.29, 0.717) is 24.5 Å². The van der Waals surface area contributed by atoms with Gasteiger partial charge in [0, 0.05) is 17.7 Å². The molecule has 0 saturated heterocycles. The quantitative estimate of drug-likeness (QED) is 0.798. The second-order valence-corrected chi connectivity index (χ2v) is 3.82. The minimum absolute atomic E-state index is 0.594. The van der Waals surface area contributed by atoms with Gasteiger partial charge in [0.25, 0.3) is 0 Å². The lowest BCUT2D eigenvalue weighted by Gasteiger charge is -2.10. The molecule has 0 unspecified atom stereocenters. The van der Waals surface area contributed by atoms with Gasteiger partial charge in [0.15, 0.2) is 0 Å². The molecule has 90 valence electrons. The Bertz CT molecular complexity index is 462. The molecular weight excluding hydrogens is 220 g/mol. The third-order valence-electron chi connectivity index (χ3n) is 2.68. The Morgan fingerprint density at radius 3 is 3.06 bits per heavy atom. The summed E-state index contributed by atoms with van der Waals surface area (Å²) in [5, 5.41) is 8.84. The highest BCUT2D eigenvalue weighted by molar-refractivity contribution is 5.91. The molecule has 1 aromatic carbocycles. The molecule has 2 rings (SSSR count). The zero-order chi connectivity index (χ0) is 12.3. The summed E-state index contributed by atoms with van der Waals surface area (Å²) in [4.78, 5) is 10.8. The maximum Gasteiger partial charge on any atom is 0.328 e. The highest BCUT2D eigenvalue weighted by Gasteiger charge is 2.15. The number of methoxy groups -OCH3 is 1. The molecule has 0 atom stereocenters. The van der Waals surface area contributed by atoms with Crippen molar-refractivity contribution in [2.45, 2.75) is 12.8 Å². The van der Waals surface area contributed by atoms with Crippen LogP contribution in [0.5, 0.6) is 11.5 Å². The average molecular weight is 234 g/mol. The number of rotatable bonds is 2. The van der Waals surface area contributed by atoms with E-state index in [1.54, 1.807) is 13.2 Å². The highest BCUT2D eigenvalue weighted by atomic mass is 16.5. The van der Waals surface area contributed by atoms with E-state index in [0.717, 1.165) is 17.6 Å². The molecule has 0 amide bonds. The predicted octanol–water partition coefficient (Wildman–Crippen LogP) is 2.34. The van der Waals surface area contributed by atoms with Gasteiger partial charge in [-0.3, -0.25) is 0 Å². The molecule has 0 radical (unpaired) electrons. The van der Waals surface area contributed by atoms with Gasteiger partial charge in [-0.05, 0) is 30.5 Å². The van der Waals surface area contributed by atoms with Gasteiger partial charge in [0.2, 0.25) is 0 Å². The molecule has 0 bridgehead atoms. The second kappa shape index (κ2) is 4.91. The van der Waals surface area contributed by atoms with E-state index in [1.165, 1.54) is 6.08 Å². The molecule has 17 heavy (non-hydrogen) atoms. The Morgan fingerprint density at radius 1 is 1.53 bits per heavy atom. The molecule has 1 aromatic rings. The first-order chi connectivity index (χ1) is 8.20. The van der Waals surface area contributed by atoms with Crippen LogP contribution in [-0.4, -0.2) is 24.8 Å². The normalized spacial score (nSPS) is 16.9. The largest absolute Gasteiger partial charge is 0.497 e. The van der Waals surface area contributed by atoms with Crippen LogP contribution in [-0.2, 0) is 4.79 Å². The molecule has 4 nitrogen and oxygen atoms in total. The van der Waals surface area contributed by atoms with Gasteiger partial charge in [0.05, 0.1) is 13.7 Å². The van der Waals surface area contributed by atoms with Crippen LogP contribution in [0, 0.1) is 0 Å². The first-order valence-corrected chi connectivity index (χ1v) is 5.45. The number of aliphatic carboxylic acids is 1. The van der Waals surface area contributed by atoms with Crippen LogP contribution < -0.4 is 9.47 Å². The van der Waals surface area contributed by atoms with E-state index in [4.69, 9.17) is 14.6 Å². The lowest BCUT2D eigenvalue weighted by molar-refractivity contribution is -0.131. The smallest absolute Gasteiger partial charge is 0.328 e. The van der Waals surface area contributed by atoms with Crippen molar-refractivity contribution in [2.24, 2.45) is 0 Å². The fourth-order valence-electron chi connectivity index (χ4n) is 1.89. The average Bonchev–Trinajstić information content (AvgIpc) is 2.50. The number of benzene rings is 1. The van der Waals surface area contributed by atoms with E-state index < -0.39 is 5.97 Å². The molecule has 0 aromatic heterocycles. The molecule has 1 N–H and O–H groups in total. The molecule has 0 fully saturated rings. The monoisotopic (exact) mass is 234 g/mol. The van der Waals surface area contributed by atoms with E-state index >= 15 is 0 Å². The number of allylic oxidation sites excluding steroid dienone is 1. The Balaban J connectivity index is 2.46. The SMILES string of the molecule is COc1ccc2c(c1)OCCC/C2=C\C(=O)O. The van der Waals surface area contributed by atoms with Crippen LogP contribution in [0.2, 0.25) is 0 Å². The highest BCUT2D eigenvalue weighted by Crippen LogP contribution is 2.34. The predicted molar refractivity (Wildman–Crippen MR) is 63.3 cm³/mol. The van der Waals surface area contributed by atoms with Gasteiger partial charge >= 0.3 is 5.97 Å². The molecular formula is C13H14O4. The van der Waals surface area contributed by atoms with Crippen LogP contribution in [0.4, 0.5) is 0 Å². The van der Waals surface area contributed by atoms with E-state index in [1.807, 2.05) is 12.1 Å². The molecule has 0 saturated carbocycles. The zero-order valence-corrected chi connectivity index (χ0v) is 9.60. The number of hydrogen-bond acceptors (Lipinski definition) is 3. The third-order valence-corrected chi connectivity index (χ3v) is 2.68. The molecule has 1 aliphatic rings. The van der Waals surface area contributed by atoms with Gasteiger partial charge in [0.1, 0.15) is 11.5 Å². The van der Waals surface area contributed by atoms with Gasteiger partial charge in [-0.25, -0.2) is 4.79 Å². The lowest BCUT2D eigenvalue weighted by Crippen LogP contribution is -1.95. The van der Waals surface area contributed by atoms with Crippen molar-refractivity contribution in [1.29, 1.82) is 0 Å². The van der Waals surface area contributed by atoms with E-state index in [9.17, 15) is 4.79 Å². The first-order valence-electron chi connectivity index (χ1n) is 5.45. The summed E-state index contributed by atoms with van der Waals surface area (Å²) in [6, 6.07) is 5.44. The molecule has 0 spiro atoms. The minimum Gasteiger partial charge on any atom is -0.497 e. The van der Waals surface area contributed by atoms with Gasteiger partial charge in [-0.2, -0.15) is 0 Å². The number of carboxylic acid groups (broad SMARTS) is 1. The fraction of sp³-hybridized carbons (Fsp3) is 0.308. The van der Waals surface area contributed by atoms with Gasteiger partial charge in [-0.1, -0.05) is 0 Å². The van der Waals surface area contributed by atoms with Crippen LogP contribution in [0.1, 0.15) is 18.4 Å². The van der Waals surface area contributed by atoms with Gasteiger partial charge in [-0.15, -0.1) is 0 Å². The van der Waals surface area contributed by atoms with Crippen molar-refractivity contribution >= 4 is 11.5 Å². The summed E-state index contributed by atoms with van der Waals surface area (Å²) >= 11 is 0.